The molecule has 0 fully saturated rings. The Labute approximate surface area is 586 Å². The van der Waals surface area contributed by atoms with Crippen molar-refractivity contribution in [1.82, 2.24) is 0 Å². The van der Waals surface area contributed by atoms with Crippen molar-refractivity contribution in [1.29, 1.82) is 0 Å². The Bertz CT molecular complexity index is 5390. The van der Waals surface area contributed by atoms with Gasteiger partial charge in [-0.1, -0.05) is 346 Å². The fourth-order valence-corrected chi connectivity index (χ4v) is 13.9. The Morgan fingerprint density at radius 1 is 0.120 bits per heavy atom. The maximum Gasteiger partial charge on any atom is 0.0468 e. The topological polar surface area (TPSA) is 6.48 Å². The van der Waals surface area contributed by atoms with E-state index in [0.717, 1.165) is 34.1 Å². The SMILES string of the molecule is c1ccc(-c2ccc(-c3cc(N(c4ccc(-c5ccccc5)cc4)c4ccc(-c5ccccc5)cc4)ccc3-c3ccccc3)cc2)cc1.c1ccc(-c2ccc(N(c3ccc(-c4ccccc4)cc3)c3ccc(-c4ccccc4)c(-c4cc5ccccc5c5ccccc45)c3)cc2)cc1. The van der Waals surface area contributed by atoms with Crippen molar-refractivity contribution < 1.29 is 0 Å². The van der Waals surface area contributed by atoms with E-state index in [9.17, 15) is 0 Å². The number of rotatable bonds is 15. The molecule has 100 heavy (non-hydrogen) atoms. The van der Waals surface area contributed by atoms with Crippen LogP contribution in [-0.2, 0) is 0 Å². The van der Waals surface area contributed by atoms with Crippen LogP contribution in [0.1, 0.15) is 0 Å². The van der Waals surface area contributed by atoms with Gasteiger partial charge in [0.2, 0.25) is 0 Å². The van der Waals surface area contributed by atoms with Crippen LogP contribution >= 0.6 is 0 Å². The van der Waals surface area contributed by atoms with Crippen molar-refractivity contribution >= 4 is 55.7 Å². The van der Waals surface area contributed by atoms with Gasteiger partial charge in [0.1, 0.15) is 0 Å². The summed E-state index contributed by atoms with van der Waals surface area (Å²) in [6.45, 7) is 0. The summed E-state index contributed by atoms with van der Waals surface area (Å²) in [5.41, 5.74) is 28.3. The summed E-state index contributed by atoms with van der Waals surface area (Å²) < 4.78 is 0. The van der Waals surface area contributed by atoms with Gasteiger partial charge in [-0.05, 0) is 201 Å². The molecule has 0 unspecified atom stereocenters. The van der Waals surface area contributed by atoms with E-state index < -0.39 is 0 Å². The summed E-state index contributed by atoms with van der Waals surface area (Å²) in [6.07, 6.45) is 0. The molecule has 0 saturated heterocycles. The molecule has 0 aliphatic carbocycles. The van der Waals surface area contributed by atoms with Gasteiger partial charge in [-0.25, -0.2) is 0 Å². The van der Waals surface area contributed by atoms with Gasteiger partial charge in [0.05, 0.1) is 0 Å². The standard InChI is InChI=1S/C50H35N.C48H35N/c1-4-14-36(15-5-1)38-24-28-42(29-25-38)51(43-30-26-39(27-31-43)37-16-6-2-7-17-37)44-32-33-46(40-18-8-3-9-19-40)50(35-44)49-34-41-20-10-11-21-45(41)47-22-12-13-23-48(47)49;1-5-13-36(14-6-1)39-21-23-43(24-22-39)48-35-46(33-34-47(48)42-19-11-4-12-20-42)49(44-29-25-40(26-30-44)37-15-7-2-8-16-37)45-31-27-41(28-32-45)38-17-9-3-10-18-38/h1-35H;1-35H. The van der Waals surface area contributed by atoms with Gasteiger partial charge in [-0.15, -0.1) is 0 Å². The molecular formula is C98H70N2. The zero-order valence-electron chi connectivity index (χ0n) is 55.3. The predicted molar refractivity (Wildman–Crippen MR) is 426 cm³/mol. The van der Waals surface area contributed by atoms with Crippen LogP contribution in [-0.4, -0.2) is 0 Å². The zero-order valence-corrected chi connectivity index (χ0v) is 55.3. The minimum Gasteiger partial charge on any atom is -0.310 e. The van der Waals surface area contributed by atoms with Gasteiger partial charge in [-0.3, -0.25) is 0 Å². The number of fused-ring (bicyclic) bond motifs is 3. The molecule has 17 aromatic carbocycles. The summed E-state index contributed by atoms with van der Waals surface area (Å²) in [5.74, 6) is 0. The number of anilines is 6. The highest BCUT2D eigenvalue weighted by atomic mass is 15.1. The molecule has 0 aromatic heterocycles. The summed E-state index contributed by atoms with van der Waals surface area (Å²) >= 11 is 0. The molecular weight excluding hydrogens is 1210 g/mol. The molecule has 2 nitrogen and oxygen atoms in total. The molecule has 0 atom stereocenters. The first kappa shape index (κ1) is 61.7. The maximum atomic E-state index is 2.38. The first-order valence-electron chi connectivity index (χ1n) is 34.3. The fraction of sp³-hybridized carbons (Fsp3) is 0. The molecule has 0 aliphatic rings. The minimum absolute atomic E-state index is 1.10. The van der Waals surface area contributed by atoms with Crippen LogP contribution in [0.4, 0.5) is 34.1 Å². The lowest BCUT2D eigenvalue weighted by Gasteiger charge is -2.27. The van der Waals surface area contributed by atoms with Gasteiger partial charge in [0, 0.05) is 34.1 Å². The van der Waals surface area contributed by atoms with Crippen LogP contribution in [0, 0.1) is 0 Å². The highest BCUT2D eigenvalue weighted by Gasteiger charge is 2.21. The zero-order chi connectivity index (χ0) is 66.8. The highest BCUT2D eigenvalue weighted by Crippen LogP contribution is 2.46. The van der Waals surface area contributed by atoms with Gasteiger partial charge < -0.3 is 9.80 Å². The van der Waals surface area contributed by atoms with Gasteiger partial charge in [-0.2, -0.15) is 0 Å². The minimum atomic E-state index is 1.10. The Morgan fingerprint density at radius 3 is 0.700 bits per heavy atom. The average molecular weight is 1280 g/mol. The summed E-state index contributed by atoms with van der Waals surface area (Å²) in [5, 5.41) is 5.02. The molecule has 0 aliphatic heterocycles. The van der Waals surface area contributed by atoms with Gasteiger partial charge in [0.15, 0.2) is 0 Å². The van der Waals surface area contributed by atoms with Crippen molar-refractivity contribution in [2.75, 3.05) is 9.80 Å². The third-order valence-corrected chi connectivity index (χ3v) is 19.0. The van der Waals surface area contributed by atoms with Crippen molar-refractivity contribution in [2.24, 2.45) is 0 Å². The molecule has 2 heteroatoms. The van der Waals surface area contributed by atoms with Crippen LogP contribution in [0.25, 0.3) is 122 Å². The average Bonchev–Trinajstić information content (AvgIpc) is 0.754. The van der Waals surface area contributed by atoms with E-state index in [4.69, 9.17) is 0 Å². The normalized spacial score (nSPS) is 11.0. The number of hydrogen-bond acceptors (Lipinski definition) is 2. The Morgan fingerprint density at radius 2 is 0.350 bits per heavy atom. The van der Waals surface area contributed by atoms with Crippen molar-refractivity contribution in [3.05, 3.63) is 425 Å². The molecule has 17 aromatic rings. The van der Waals surface area contributed by atoms with Gasteiger partial charge in [0.25, 0.3) is 0 Å². The molecule has 0 bridgehead atoms. The molecule has 0 spiro atoms. The van der Waals surface area contributed by atoms with E-state index in [2.05, 4.69) is 434 Å². The highest BCUT2D eigenvalue weighted by molar-refractivity contribution is 6.15. The lowest BCUT2D eigenvalue weighted by atomic mass is 9.88. The molecule has 0 radical (unpaired) electrons. The number of benzene rings is 17. The third kappa shape index (κ3) is 13.2. The summed E-state index contributed by atoms with van der Waals surface area (Å²) in [7, 11) is 0. The van der Waals surface area contributed by atoms with Crippen LogP contribution < -0.4 is 9.80 Å². The molecule has 0 N–H and O–H groups in total. The predicted octanol–water partition coefficient (Wildman–Crippen LogP) is 27.6. The lowest BCUT2D eigenvalue weighted by Crippen LogP contribution is -2.10. The van der Waals surface area contributed by atoms with Gasteiger partial charge >= 0.3 is 0 Å². The van der Waals surface area contributed by atoms with E-state index in [-0.39, 0.29) is 0 Å². The van der Waals surface area contributed by atoms with Crippen LogP contribution in [0.5, 0.6) is 0 Å². The lowest BCUT2D eigenvalue weighted by molar-refractivity contribution is 1.28. The second-order valence-electron chi connectivity index (χ2n) is 25.1. The van der Waals surface area contributed by atoms with E-state index in [1.807, 2.05) is 0 Å². The first-order chi connectivity index (χ1) is 49.6. The van der Waals surface area contributed by atoms with Crippen LogP contribution in [0.2, 0.25) is 0 Å². The maximum absolute atomic E-state index is 2.38. The summed E-state index contributed by atoms with van der Waals surface area (Å²) in [6, 6.07) is 153. The molecule has 17 rings (SSSR count). The van der Waals surface area contributed by atoms with Crippen molar-refractivity contribution in [2.45, 2.75) is 0 Å². The molecule has 0 amide bonds. The van der Waals surface area contributed by atoms with E-state index >= 15 is 0 Å². The van der Waals surface area contributed by atoms with Crippen molar-refractivity contribution in [3.8, 4) is 100 Å². The second kappa shape index (κ2) is 28.7. The Hall–Kier alpha value is -13.1. The van der Waals surface area contributed by atoms with E-state index in [0.29, 0.717) is 0 Å². The van der Waals surface area contributed by atoms with Crippen molar-refractivity contribution in [3.63, 3.8) is 0 Å². The van der Waals surface area contributed by atoms with Crippen LogP contribution in [0.15, 0.2) is 425 Å². The summed E-state index contributed by atoms with van der Waals surface area (Å²) in [4.78, 5) is 4.74. The Balaban J connectivity index is 0.000000156. The largest absolute Gasteiger partial charge is 0.310 e. The molecule has 0 heterocycles. The quantitative estimate of drug-likeness (QED) is 0.0944. The molecule has 472 valence electrons. The fourth-order valence-electron chi connectivity index (χ4n) is 13.9. The van der Waals surface area contributed by atoms with E-state index in [1.165, 1.54) is 122 Å². The monoisotopic (exact) mass is 1270 g/mol. The second-order valence-corrected chi connectivity index (χ2v) is 25.1. The first-order valence-corrected chi connectivity index (χ1v) is 34.3. The smallest absolute Gasteiger partial charge is 0.0468 e. The number of nitrogens with zero attached hydrogens (tertiary/aromatic N) is 2. The van der Waals surface area contributed by atoms with E-state index in [1.54, 1.807) is 0 Å². The molecule has 0 saturated carbocycles. The number of hydrogen-bond donors (Lipinski definition) is 0. The van der Waals surface area contributed by atoms with Crippen LogP contribution in [0.3, 0.4) is 0 Å². The Kier molecular flexibility index (Phi) is 17.7. The third-order valence-electron chi connectivity index (χ3n) is 19.0.